The molecule has 2 N–H and O–H groups in total. The molecular formula is C17H26N2O3. The van der Waals surface area contributed by atoms with E-state index in [1.165, 1.54) is 0 Å². The van der Waals surface area contributed by atoms with E-state index in [4.69, 9.17) is 9.47 Å². The quantitative estimate of drug-likeness (QED) is 0.758. The zero-order valence-corrected chi connectivity index (χ0v) is 13.4. The lowest BCUT2D eigenvalue weighted by Gasteiger charge is -2.30. The van der Waals surface area contributed by atoms with Crippen LogP contribution >= 0.6 is 0 Å². The highest BCUT2D eigenvalue weighted by Crippen LogP contribution is 2.17. The van der Waals surface area contributed by atoms with Crippen molar-refractivity contribution in [2.75, 3.05) is 20.3 Å². The van der Waals surface area contributed by atoms with Crippen molar-refractivity contribution in [3.05, 3.63) is 24.3 Å². The minimum absolute atomic E-state index is 0.110. The monoisotopic (exact) mass is 306 g/mol. The van der Waals surface area contributed by atoms with E-state index in [0.29, 0.717) is 25.5 Å². The summed E-state index contributed by atoms with van der Waals surface area (Å²) in [4.78, 5) is 11.9. The maximum absolute atomic E-state index is 11.9. The number of ether oxygens (including phenoxy) is 2. The third kappa shape index (κ3) is 5.22. The van der Waals surface area contributed by atoms with Crippen LogP contribution in [0.3, 0.4) is 0 Å². The lowest BCUT2D eigenvalue weighted by atomic mass is 10.00. The first-order valence-electron chi connectivity index (χ1n) is 7.98. The van der Waals surface area contributed by atoms with Gasteiger partial charge in [-0.3, -0.25) is 4.79 Å². The summed E-state index contributed by atoms with van der Waals surface area (Å²) >= 11 is 0. The van der Waals surface area contributed by atoms with Gasteiger partial charge in [0.1, 0.15) is 11.5 Å². The molecule has 0 bridgehead atoms. The van der Waals surface area contributed by atoms with Gasteiger partial charge in [0.15, 0.2) is 0 Å². The van der Waals surface area contributed by atoms with Crippen molar-refractivity contribution < 1.29 is 14.3 Å². The molecule has 1 aliphatic rings. The van der Waals surface area contributed by atoms with Crippen LogP contribution in [0.25, 0.3) is 0 Å². The summed E-state index contributed by atoms with van der Waals surface area (Å²) in [7, 11) is 1.64. The lowest BCUT2D eigenvalue weighted by molar-refractivity contribution is -0.122. The topological polar surface area (TPSA) is 59.6 Å². The van der Waals surface area contributed by atoms with Crippen molar-refractivity contribution in [3.8, 4) is 11.5 Å². The second-order valence-corrected chi connectivity index (χ2v) is 5.69. The normalized spacial score (nSPS) is 21.2. The molecule has 5 heteroatoms. The highest BCUT2D eigenvalue weighted by Gasteiger charge is 2.21. The molecule has 0 saturated carbocycles. The molecule has 0 spiro atoms. The van der Waals surface area contributed by atoms with E-state index in [0.717, 1.165) is 30.9 Å². The summed E-state index contributed by atoms with van der Waals surface area (Å²) in [6.45, 7) is 3.71. The Bertz CT molecular complexity index is 461. The number of benzene rings is 1. The fourth-order valence-corrected chi connectivity index (χ4v) is 2.61. The molecule has 1 heterocycles. The van der Waals surface area contributed by atoms with Gasteiger partial charge in [-0.05, 0) is 57.0 Å². The molecule has 1 aliphatic heterocycles. The van der Waals surface area contributed by atoms with Crippen molar-refractivity contribution in [1.29, 1.82) is 0 Å². The number of rotatable bonds is 7. The maximum atomic E-state index is 11.9. The highest BCUT2D eigenvalue weighted by atomic mass is 16.5. The van der Waals surface area contributed by atoms with Crippen LogP contribution in [0.4, 0.5) is 0 Å². The van der Waals surface area contributed by atoms with Gasteiger partial charge < -0.3 is 20.1 Å². The minimum Gasteiger partial charge on any atom is -0.497 e. The standard InChI is InChI=1S/C17H26N2O3/c1-13-16(5-3-11-18-13)19-17(20)6-4-12-22-15-9-7-14(21-2)8-10-15/h7-10,13,16,18H,3-6,11-12H2,1-2H3,(H,19,20). The number of piperidine rings is 1. The number of methoxy groups -OCH3 is 1. The first kappa shape index (κ1) is 16.6. The molecule has 1 saturated heterocycles. The number of carbonyl (C=O) groups is 1. The summed E-state index contributed by atoms with van der Waals surface area (Å²) < 4.78 is 10.7. The molecule has 0 aromatic heterocycles. The summed E-state index contributed by atoms with van der Waals surface area (Å²) in [6.07, 6.45) is 3.39. The minimum atomic E-state index is 0.110. The highest BCUT2D eigenvalue weighted by molar-refractivity contribution is 5.76. The van der Waals surface area contributed by atoms with Gasteiger partial charge in [-0.1, -0.05) is 0 Å². The molecule has 122 valence electrons. The van der Waals surface area contributed by atoms with E-state index in [1.54, 1.807) is 7.11 Å². The van der Waals surface area contributed by atoms with E-state index in [9.17, 15) is 4.79 Å². The van der Waals surface area contributed by atoms with Gasteiger partial charge >= 0.3 is 0 Å². The molecule has 2 atom stereocenters. The van der Waals surface area contributed by atoms with Crippen LogP contribution in [-0.2, 0) is 4.79 Å². The van der Waals surface area contributed by atoms with E-state index in [2.05, 4.69) is 17.6 Å². The fourth-order valence-electron chi connectivity index (χ4n) is 2.61. The average Bonchev–Trinajstić information content (AvgIpc) is 2.54. The summed E-state index contributed by atoms with van der Waals surface area (Å²) in [5, 5.41) is 6.49. The molecule has 0 aliphatic carbocycles. The Balaban J connectivity index is 1.62. The van der Waals surface area contributed by atoms with E-state index >= 15 is 0 Å². The van der Waals surface area contributed by atoms with E-state index in [-0.39, 0.29) is 11.9 Å². The largest absolute Gasteiger partial charge is 0.497 e. The predicted molar refractivity (Wildman–Crippen MR) is 86.4 cm³/mol. The van der Waals surface area contributed by atoms with Crippen molar-refractivity contribution in [1.82, 2.24) is 10.6 Å². The van der Waals surface area contributed by atoms with Crippen LogP contribution in [0.5, 0.6) is 11.5 Å². The van der Waals surface area contributed by atoms with Crippen LogP contribution in [0, 0.1) is 0 Å². The number of nitrogens with one attached hydrogen (secondary N) is 2. The first-order valence-corrected chi connectivity index (χ1v) is 7.98. The Morgan fingerprint density at radius 2 is 2.05 bits per heavy atom. The summed E-state index contributed by atoms with van der Waals surface area (Å²) in [5.74, 6) is 1.71. The first-order chi connectivity index (χ1) is 10.7. The molecule has 1 aromatic rings. The molecular weight excluding hydrogens is 280 g/mol. The van der Waals surface area contributed by atoms with Crippen LogP contribution in [0.2, 0.25) is 0 Å². The molecule has 1 amide bonds. The van der Waals surface area contributed by atoms with Gasteiger partial charge in [-0.25, -0.2) is 0 Å². The SMILES string of the molecule is COc1ccc(OCCCC(=O)NC2CCCNC2C)cc1. The van der Waals surface area contributed by atoms with Crippen LogP contribution in [-0.4, -0.2) is 38.3 Å². The van der Waals surface area contributed by atoms with E-state index < -0.39 is 0 Å². The Morgan fingerprint density at radius 3 is 2.73 bits per heavy atom. The van der Waals surface area contributed by atoms with Gasteiger partial charge in [-0.2, -0.15) is 0 Å². The summed E-state index contributed by atoms with van der Waals surface area (Å²) in [6, 6.07) is 8.07. The second kappa shape index (κ2) is 8.63. The summed E-state index contributed by atoms with van der Waals surface area (Å²) in [5.41, 5.74) is 0. The molecule has 2 rings (SSSR count). The number of hydrogen-bond acceptors (Lipinski definition) is 4. The van der Waals surface area contributed by atoms with Gasteiger partial charge in [0.05, 0.1) is 13.7 Å². The van der Waals surface area contributed by atoms with Gasteiger partial charge in [0, 0.05) is 18.5 Å². The smallest absolute Gasteiger partial charge is 0.220 e. The van der Waals surface area contributed by atoms with Crippen LogP contribution in [0.1, 0.15) is 32.6 Å². The van der Waals surface area contributed by atoms with Crippen molar-refractivity contribution in [3.63, 3.8) is 0 Å². The Morgan fingerprint density at radius 1 is 1.32 bits per heavy atom. The van der Waals surface area contributed by atoms with E-state index in [1.807, 2.05) is 24.3 Å². The zero-order valence-electron chi connectivity index (χ0n) is 13.4. The molecule has 2 unspecified atom stereocenters. The van der Waals surface area contributed by atoms with Gasteiger partial charge in [-0.15, -0.1) is 0 Å². The Hall–Kier alpha value is -1.75. The second-order valence-electron chi connectivity index (χ2n) is 5.69. The number of hydrogen-bond donors (Lipinski definition) is 2. The molecule has 1 aromatic carbocycles. The maximum Gasteiger partial charge on any atom is 0.220 e. The number of carbonyl (C=O) groups excluding carboxylic acids is 1. The predicted octanol–water partition coefficient (Wildman–Crippen LogP) is 2.11. The van der Waals surface area contributed by atoms with Crippen LogP contribution in [0.15, 0.2) is 24.3 Å². The zero-order chi connectivity index (χ0) is 15.8. The van der Waals surface area contributed by atoms with Crippen molar-refractivity contribution in [2.45, 2.75) is 44.7 Å². The lowest BCUT2D eigenvalue weighted by Crippen LogP contribution is -2.51. The van der Waals surface area contributed by atoms with Gasteiger partial charge in [0.25, 0.3) is 0 Å². The third-order valence-corrected chi connectivity index (χ3v) is 3.98. The van der Waals surface area contributed by atoms with Crippen molar-refractivity contribution in [2.24, 2.45) is 0 Å². The van der Waals surface area contributed by atoms with Crippen molar-refractivity contribution >= 4 is 5.91 Å². The molecule has 22 heavy (non-hydrogen) atoms. The third-order valence-electron chi connectivity index (χ3n) is 3.98. The molecule has 5 nitrogen and oxygen atoms in total. The molecule has 1 fully saturated rings. The van der Waals surface area contributed by atoms with Crippen LogP contribution < -0.4 is 20.1 Å². The Labute approximate surface area is 132 Å². The average molecular weight is 306 g/mol. The number of amides is 1. The Kier molecular flexibility index (Phi) is 6.52. The molecule has 0 radical (unpaired) electrons. The fraction of sp³-hybridized carbons (Fsp3) is 0.588. The van der Waals surface area contributed by atoms with Gasteiger partial charge in [0.2, 0.25) is 5.91 Å².